The molecule has 2 N–H and O–H groups in total. The first-order valence-electron chi connectivity index (χ1n) is 7.10. The monoisotopic (exact) mass is 414 g/mol. The summed E-state index contributed by atoms with van der Waals surface area (Å²) in [4.78, 5) is 8.49. The van der Waals surface area contributed by atoms with E-state index in [0.29, 0.717) is 12.5 Å². The number of nitrogens with one attached hydrogen (secondary N) is 2. The predicted molar refractivity (Wildman–Crippen MR) is 99.2 cm³/mol. The molecule has 2 aromatic rings. The van der Waals surface area contributed by atoms with E-state index in [-0.39, 0.29) is 24.0 Å². The van der Waals surface area contributed by atoms with Crippen LogP contribution in [-0.4, -0.2) is 34.3 Å². The van der Waals surface area contributed by atoms with E-state index in [1.807, 2.05) is 35.1 Å². The Morgan fingerprint density at radius 2 is 2.14 bits per heavy atom. The first kappa shape index (κ1) is 18.4. The number of aromatic nitrogens is 3. The van der Waals surface area contributed by atoms with Gasteiger partial charge in [0.15, 0.2) is 5.96 Å². The maximum absolute atomic E-state index is 4.27. The average Bonchev–Trinajstić information content (AvgIpc) is 3.01. The van der Waals surface area contributed by atoms with Crippen LogP contribution in [0.3, 0.4) is 0 Å². The SMILES string of the molecule is CN=C(NCc1ccccn1)NCC(C)Cn1cccn1.I. The highest BCUT2D eigenvalue weighted by atomic mass is 127. The molecule has 2 aromatic heterocycles. The van der Waals surface area contributed by atoms with Crippen LogP contribution in [0.25, 0.3) is 0 Å². The third kappa shape index (κ3) is 6.42. The molecule has 0 aliphatic rings. The standard InChI is InChI=1S/C15H22N6.HI/c1-13(12-21-9-5-8-20-21)10-18-15(16-2)19-11-14-6-3-4-7-17-14;/h3-9,13H,10-12H2,1-2H3,(H2,16,18,19);1H. The van der Waals surface area contributed by atoms with Gasteiger partial charge in [-0.3, -0.25) is 14.7 Å². The Morgan fingerprint density at radius 1 is 1.27 bits per heavy atom. The number of guanidine groups is 1. The molecule has 0 saturated carbocycles. The second-order valence-corrected chi connectivity index (χ2v) is 4.96. The van der Waals surface area contributed by atoms with Crippen molar-refractivity contribution in [3.05, 3.63) is 48.5 Å². The Labute approximate surface area is 148 Å². The van der Waals surface area contributed by atoms with Crippen molar-refractivity contribution in [3.63, 3.8) is 0 Å². The van der Waals surface area contributed by atoms with Crippen molar-refractivity contribution in [2.24, 2.45) is 10.9 Å². The van der Waals surface area contributed by atoms with Crippen molar-refractivity contribution >= 4 is 29.9 Å². The minimum Gasteiger partial charge on any atom is -0.356 e. The van der Waals surface area contributed by atoms with Gasteiger partial charge >= 0.3 is 0 Å². The number of halogens is 1. The molecule has 2 rings (SSSR count). The Balaban J connectivity index is 0.00000242. The van der Waals surface area contributed by atoms with Crippen LogP contribution in [0.2, 0.25) is 0 Å². The summed E-state index contributed by atoms with van der Waals surface area (Å²) in [6, 6.07) is 7.81. The summed E-state index contributed by atoms with van der Waals surface area (Å²) in [7, 11) is 1.77. The van der Waals surface area contributed by atoms with Gasteiger partial charge in [0.1, 0.15) is 0 Å². The topological polar surface area (TPSA) is 67.1 Å². The Kier molecular flexibility index (Phi) is 8.49. The van der Waals surface area contributed by atoms with Crippen molar-refractivity contribution < 1.29 is 0 Å². The van der Waals surface area contributed by atoms with Gasteiger partial charge in [0.05, 0.1) is 12.2 Å². The van der Waals surface area contributed by atoms with Crippen molar-refractivity contribution in [2.75, 3.05) is 13.6 Å². The van der Waals surface area contributed by atoms with Crippen LogP contribution in [0.1, 0.15) is 12.6 Å². The molecule has 22 heavy (non-hydrogen) atoms. The maximum atomic E-state index is 4.27. The highest BCUT2D eigenvalue weighted by molar-refractivity contribution is 14.0. The first-order chi connectivity index (χ1) is 10.3. The molecular weight excluding hydrogens is 391 g/mol. The molecule has 0 aromatic carbocycles. The smallest absolute Gasteiger partial charge is 0.191 e. The zero-order valence-corrected chi connectivity index (χ0v) is 15.3. The lowest BCUT2D eigenvalue weighted by molar-refractivity contribution is 0.443. The molecule has 2 heterocycles. The Morgan fingerprint density at radius 3 is 2.77 bits per heavy atom. The van der Waals surface area contributed by atoms with Crippen molar-refractivity contribution in [1.29, 1.82) is 0 Å². The number of hydrogen-bond donors (Lipinski definition) is 2. The van der Waals surface area contributed by atoms with E-state index in [4.69, 9.17) is 0 Å². The van der Waals surface area contributed by atoms with Crippen molar-refractivity contribution in [3.8, 4) is 0 Å². The molecular formula is C15H23IN6. The van der Waals surface area contributed by atoms with E-state index in [1.54, 1.807) is 19.4 Å². The summed E-state index contributed by atoms with van der Waals surface area (Å²) in [5, 5.41) is 10.8. The summed E-state index contributed by atoms with van der Waals surface area (Å²) in [5.41, 5.74) is 0.991. The molecule has 0 amide bonds. The predicted octanol–water partition coefficient (Wildman–Crippen LogP) is 1.90. The van der Waals surface area contributed by atoms with Crippen LogP contribution in [0.15, 0.2) is 47.8 Å². The van der Waals surface area contributed by atoms with E-state index >= 15 is 0 Å². The van der Waals surface area contributed by atoms with Gasteiger partial charge in [0, 0.05) is 38.7 Å². The fourth-order valence-corrected chi connectivity index (χ4v) is 1.96. The normalized spacial score (nSPS) is 12.4. The highest BCUT2D eigenvalue weighted by Gasteiger charge is 2.05. The molecule has 0 fully saturated rings. The van der Waals surface area contributed by atoms with E-state index in [1.165, 1.54) is 0 Å². The number of rotatable bonds is 6. The quantitative estimate of drug-likeness (QED) is 0.431. The van der Waals surface area contributed by atoms with Gasteiger partial charge in [0.2, 0.25) is 0 Å². The van der Waals surface area contributed by atoms with Crippen LogP contribution in [-0.2, 0) is 13.1 Å². The Hall–Kier alpha value is -1.64. The largest absolute Gasteiger partial charge is 0.356 e. The molecule has 1 unspecified atom stereocenters. The van der Waals surface area contributed by atoms with Crippen LogP contribution in [0.5, 0.6) is 0 Å². The van der Waals surface area contributed by atoms with Gasteiger partial charge in [-0.25, -0.2) is 0 Å². The first-order valence-corrected chi connectivity index (χ1v) is 7.10. The summed E-state index contributed by atoms with van der Waals surface area (Å²) in [6.45, 7) is 4.56. The third-order valence-corrected chi connectivity index (χ3v) is 3.06. The van der Waals surface area contributed by atoms with E-state index in [0.717, 1.165) is 24.7 Å². The summed E-state index contributed by atoms with van der Waals surface area (Å²) >= 11 is 0. The third-order valence-electron chi connectivity index (χ3n) is 3.06. The molecule has 0 radical (unpaired) electrons. The lowest BCUT2D eigenvalue weighted by atomic mass is 10.2. The number of hydrogen-bond acceptors (Lipinski definition) is 3. The van der Waals surface area contributed by atoms with Crippen LogP contribution in [0, 0.1) is 5.92 Å². The zero-order chi connectivity index (χ0) is 14.9. The number of aliphatic imine (C=N–C) groups is 1. The minimum absolute atomic E-state index is 0. The summed E-state index contributed by atoms with van der Waals surface area (Å²) in [6.07, 6.45) is 5.57. The van der Waals surface area contributed by atoms with Gasteiger partial charge in [-0.1, -0.05) is 13.0 Å². The van der Waals surface area contributed by atoms with Crippen LogP contribution >= 0.6 is 24.0 Å². The average molecular weight is 414 g/mol. The fourth-order valence-electron chi connectivity index (χ4n) is 1.96. The highest BCUT2D eigenvalue weighted by Crippen LogP contribution is 1.98. The van der Waals surface area contributed by atoms with Crippen LogP contribution < -0.4 is 10.6 Å². The minimum atomic E-state index is 0. The Bertz CT molecular complexity index is 540. The molecule has 0 aliphatic heterocycles. The summed E-state index contributed by atoms with van der Waals surface area (Å²) in [5.74, 6) is 1.24. The van der Waals surface area contributed by atoms with Gasteiger partial charge in [-0.15, -0.1) is 24.0 Å². The number of nitrogens with zero attached hydrogens (tertiary/aromatic N) is 4. The molecule has 120 valence electrons. The summed E-state index contributed by atoms with van der Waals surface area (Å²) < 4.78 is 1.94. The molecule has 0 aliphatic carbocycles. The maximum Gasteiger partial charge on any atom is 0.191 e. The molecule has 7 heteroatoms. The number of pyridine rings is 1. The van der Waals surface area contributed by atoms with Crippen molar-refractivity contribution in [2.45, 2.75) is 20.0 Å². The molecule has 1 atom stereocenters. The van der Waals surface area contributed by atoms with Crippen LogP contribution in [0.4, 0.5) is 0 Å². The molecule has 0 spiro atoms. The zero-order valence-electron chi connectivity index (χ0n) is 12.9. The molecule has 6 nitrogen and oxygen atoms in total. The fraction of sp³-hybridized carbons (Fsp3) is 0.400. The van der Waals surface area contributed by atoms with Gasteiger partial charge < -0.3 is 10.6 Å². The van der Waals surface area contributed by atoms with Gasteiger partial charge in [-0.05, 0) is 24.1 Å². The second-order valence-electron chi connectivity index (χ2n) is 4.96. The van der Waals surface area contributed by atoms with Gasteiger partial charge in [0.25, 0.3) is 0 Å². The molecule has 0 saturated heterocycles. The lowest BCUT2D eigenvalue weighted by Gasteiger charge is -2.16. The molecule has 0 bridgehead atoms. The second kappa shape index (κ2) is 10.1. The van der Waals surface area contributed by atoms with E-state index in [2.05, 4.69) is 32.6 Å². The van der Waals surface area contributed by atoms with Gasteiger partial charge in [-0.2, -0.15) is 5.10 Å². The van der Waals surface area contributed by atoms with E-state index < -0.39 is 0 Å². The van der Waals surface area contributed by atoms with Crippen molar-refractivity contribution in [1.82, 2.24) is 25.4 Å². The lowest BCUT2D eigenvalue weighted by Crippen LogP contribution is -2.39. The van der Waals surface area contributed by atoms with E-state index in [9.17, 15) is 0 Å².